The van der Waals surface area contributed by atoms with Gasteiger partial charge in [0.15, 0.2) is 0 Å². The Hall–Kier alpha value is -3.12. The quantitative estimate of drug-likeness (QED) is 0.264. The van der Waals surface area contributed by atoms with E-state index in [1.54, 1.807) is 0 Å². The van der Waals surface area contributed by atoms with Gasteiger partial charge in [-0.2, -0.15) is 0 Å². The molecule has 0 bridgehead atoms. The third-order valence-electron chi connectivity index (χ3n) is 9.09. The number of carbonyl (C=O) groups excluding carboxylic acids is 1. The van der Waals surface area contributed by atoms with Gasteiger partial charge < -0.3 is 19.5 Å². The highest BCUT2D eigenvalue weighted by Gasteiger charge is 2.49. The van der Waals surface area contributed by atoms with Crippen LogP contribution in [0.4, 0.5) is 0 Å². The molecule has 1 N–H and O–H groups in total. The van der Waals surface area contributed by atoms with Crippen LogP contribution in [0.3, 0.4) is 0 Å². The summed E-state index contributed by atoms with van der Waals surface area (Å²) in [6.45, 7) is 1.26. The van der Waals surface area contributed by atoms with Crippen LogP contribution in [-0.4, -0.2) is 47.9 Å². The fraction of sp³-hybridized carbons (Fsp3) is 0.382. The van der Waals surface area contributed by atoms with Gasteiger partial charge in [-0.15, -0.1) is 0 Å². The van der Waals surface area contributed by atoms with Crippen LogP contribution in [0.1, 0.15) is 54.1 Å². The molecule has 0 saturated heterocycles. The molecule has 1 aromatic heterocycles. The lowest BCUT2D eigenvalue weighted by atomic mass is 9.68. The maximum atomic E-state index is 13.8. The molecule has 40 heavy (non-hydrogen) atoms. The van der Waals surface area contributed by atoms with Gasteiger partial charge in [0.1, 0.15) is 6.61 Å². The highest BCUT2D eigenvalue weighted by molar-refractivity contribution is 6.30. The summed E-state index contributed by atoms with van der Waals surface area (Å²) >= 11 is 6.21. The second-order valence-corrected chi connectivity index (χ2v) is 12.1. The maximum absolute atomic E-state index is 13.8. The molecule has 6 rings (SSSR count). The molecule has 1 saturated carbocycles. The third-order valence-corrected chi connectivity index (χ3v) is 9.34. The van der Waals surface area contributed by atoms with Gasteiger partial charge in [0, 0.05) is 34.2 Å². The first-order chi connectivity index (χ1) is 19.5. The van der Waals surface area contributed by atoms with Crippen LogP contribution in [0.5, 0.6) is 0 Å². The zero-order chi connectivity index (χ0) is 27.7. The predicted molar refractivity (Wildman–Crippen MR) is 161 cm³/mol. The smallest absolute Gasteiger partial charge is 0.249 e. The minimum absolute atomic E-state index is 0.0838. The highest BCUT2D eigenvalue weighted by Crippen LogP contribution is 2.51. The Morgan fingerprint density at radius 1 is 1.02 bits per heavy atom. The van der Waals surface area contributed by atoms with Gasteiger partial charge in [0.05, 0.1) is 12.1 Å². The number of amides is 1. The van der Waals surface area contributed by atoms with E-state index >= 15 is 0 Å². The standard InChI is InChI=1S/C34H38ClN3O2/c1-37(2)32(25-12-14-27(35)15-13-25)26-16-19-34(20-17-26)33-29(28-10-6-7-11-30(28)36-33)18-21-38(34)31(39)23-40-22-24-8-4-3-5-9-24/h3-15,26,32,36H,16-23H2,1-2H3. The van der Waals surface area contributed by atoms with Crippen molar-refractivity contribution < 1.29 is 9.53 Å². The Balaban J connectivity index is 1.28. The average Bonchev–Trinajstić information content (AvgIpc) is 3.36. The van der Waals surface area contributed by atoms with Gasteiger partial charge in [0.2, 0.25) is 5.91 Å². The molecular weight excluding hydrogens is 518 g/mol. The van der Waals surface area contributed by atoms with Crippen LogP contribution < -0.4 is 0 Å². The molecule has 1 aliphatic carbocycles. The number of benzene rings is 3. The van der Waals surface area contributed by atoms with Crippen LogP contribution in [0.15, 0.2) is 78.9 Å². The Kier molecular flexibility index (Phi) is 7.71. The molecular formula is C34H38ClN3O2. The molecule has 1 aliphatic heterocycles. The van der Waals surface area contributed by atoms with Crippen molar-refractivity contribution in [3.05, 3.63) is 106 Å². The van der Waals surface area contributed by atoms with Gasteiger partial charge in [-0.25, -0.2) is 0 Å². The molecule has 5 nitrogen and oxygen atoms in total. The SMILES string of the molecule is CN(C)C(c1ccc(Cl)cc1)C1CCC2(CC1)c1[nH]c3ccccc3c1CCN2C(=O)COCc1ccccc1. The number of nitrogens with one attached hydrogen (secondary N) is 1. The van der Waals surface area contributed by atoms with Crippen molar-refractivity contribution >= 4 is 28.4 Å². The van der Waals surface area contributed by atoms with E-state index in [-0.39, 0.29) is 18.1 Å². The molecule has 1 atom stereocenters. The first-order valence-corrected chi connectivity index (χ1v) is 14.8. The Morgan fingerprint density at radius 2 is 1.73 bits per heavy atom. The topological polar surface area (TPSA) is 48.6 Å². The normalized spacial score (nSPS) is 21.6. The number of para-hydroxylation sites is 1. The van der Waals surface area contributed by atoms with Gasteiger partial charge in [-0.3, -0.25) is 4.79 Å². The first-order valence-electron chi connectivity index (χ1n) is 14.4. The molecule has 208 valence electrons. The maximum Gasteiger partial charge on any atom is 0.249 e. The summed E-state index contributed by atoms with van der Waals surface area (Å²) in [4.78, 5) is 22.1. The summed E-state index contributed by atoms with van der Waals surface area (Å²) in [5.41, 5.74) is 5.82. The number of nitrogens with zero attached hydrogens (tertiary/aromatic N) is 2. The Labute approximate surface area is 242 Å². The van der Waals surface area contributed by atoms with Crippen molar-refractivity contribution in [2.75, 3.05) is 27.2 Å². The number of hydrogen-bond acceptors (Lipinski definition) is 3. The van der Waals surface area contributed by atoms with E-state index < -0.39 is 0 Å². The van der Waals surface area contributed by atoms with Crippen molar-refractivity contribution in [3.63, 3.8) is 0 Å². The number of rotatable bonds is 7. The van der Waals surface area contributed by atoms with E-state index in [0.717, 1.165) is 54.8 Å². The second kappa shape index (κ2) is 11.4. The molecule has 4 aromatic rings. The van der Waals surface area contributed by atoms with E-state index in [0.29, 0.717) is 18.6 Å². The third kappa shape index (κ3) is 5.07. The lowest BCUT2D eigenvalue weighted by Gasteiger charge is -2.51. The van der Waals surface area contributed by atoms with Crippen molar-refractivity contribution in [1.29, 1.82) is 0 Å². The zero-order valence-electron chi connectivity index (χ0n) is 23.4. The number of aromatic amines is 1. The fourth-order valence-electron chi connectivity index (χ4n) is 7.31. The van der Waals surface area contributed by atoms with Crippen molar-refractivity contribution in [3.8, 4) is 0 Å². The largest absolute Gasteiger partial charge is 0.367 e. The van der Waals surface area contributed by atoms with Crippen LogP contribution in [0, 0.1) is 5.92 Å². The summed E-state index contributed by atoms with van der Waals surface area (Å²) < 4.78 is 5.96. The van der Waals surface area contributed by atoms with E-state index in [1.807, 2.05) is 42.5 Å². The van der Waals surface area contributed by atoms with Gasteiger partial charge >= 0.3 is 0 Å². The molecule has 1 spiro atoms. The van der Waals surface area contributed by atoms with E-state index in [4.69, 9.17) is 16.3 Å². The number of fused-ring (bicyclic) bond motifs is 4. The Bertz CT molecular complexity index is 1460. The molecule has 2 aliphatic rings. The molecule has 6 heteroatoms. The first kappa shape index (κ1) is 27.1. The average molecular weight is 556 g/mol. The summed E-state index contributed by atoms with van der Waals surface area (Å²) in [7, 11) is 4.33. The monoisotopic (exact) mass is 555 g/mol. The van der Waals surface area contributed by atoms with Gasteiger partial charge in [-0.1, -0.05) is 72.3 Å². The number of aromatic nitrogens is 1. The summed E-state index contributed by atoms with van der Waals surface area (Å²) in [5.74, 6) is 0.573. The highest BCUT2D eigenvalue weighted by atomic mass is 35.5. The summed E-state index contributed by atoms with van der Waals surface area (Å²) in [6, 6.07) is 27.2. The van der Waals surface area contributed by atoms with E-state index in [1.165, 1.54) is 22.2 Å². The van der Waals surface area contributed by atoms with E-state index in [9.17, 15) is 4.79 Å². The second-order valence-electron chi connectivity index (χ2n) is 11.6. The fourth-order valence-corrected chi connectivity index (χ4v) is 7.43. The molecule has 0 radical (unpaired) electrons. The van der Waals surface area contributed by atoms with Crippen LogP contribution >= 0.6 is 11.6 Å². The molecule has 1 fully saturated rings. The number of carbonyl (C=O) groups is 1. The lowest BCUT2D eigenvalue weighted by molar-refractivity contribution is -0.147. The number of H-pyrrole nitrogens is 1. The van der Waals surface area contributed by atoms with Crippen LogP contribution in [0.2, 0.25) is 5.02 Å². The lowest BCUT2D eigenvalue weighted by Crippen LogP contribution is -2.56. The van der Waals surface area contributed by atoms with Gasteiger partial charge in [-0.05, 0) is 87.0 Å². The van der Waals surface area contributed by atoms with Crippen molar-refractivity contribution in [1.82, 2.24) is 14.8 Å². The van der Waals surface area contributed by atoms with Crippen LogP contribution in [0.25, 0.3) is 10.9 Å². The number of halogens is 1. The predicted octanol–water partition coefficient (Wildman–Crippen LogP) is 7.11. The molecule has 1 amide bonds. The molecule has 3 aromatic carbocycles. The minimum atomic E-state index is -0.340. The molecule has 1 unspecified atom stereocenters. The number of ether oxygens (including phenoxy) is 1. The van der Waals surface area contributed by atoms with Crippen LogP contribution in [-0.2, 0) is 28.1 Å². The summed E-state index contributed by atoms with van der Waals surface area (Å²) in [5, 5.41) is 2.06. The van der Waals surface area contributed by atoms with E-state index in [2.05, 4.69) is 65.3 Å². The molecule has 2 heterocycles. The Morgan fingerprint density at radius 3 is 2.45 bits per heavy atom. The van der Waals surface area contributed by atoms with Crippen molar-refractivity contribution in [2.24, 2.45) is 5.92 Å². The minimum Gasteiger partial charge on any atom is -0.367 e. The van der Waals surface area contributed by atoms with Gasteiger partial charge in [0.25, 0.3) is 0 Å². The number of hydrogen-bond donors (Lipinski definition) is 1. The summed E-state index contributed by atoms with van der Waals surface area (Å²) in [6.07, 6.45) is 4.80. The van der Waals surface area contributed by atoms with Crippen molar-refractivity contribution in [2.45, 2.75) is 50.3 Å². The zero-order valence-corrected chi connectivity index (χ0v) is 24.2.